The minimum atomic E-state index is 0.324. The second-order valence-electron chi connectivity index (χ2n) is 6.73. The van der Waals surface area contributed by atoms with Crippen molar-refractivity contribution in [1.82, 2.24) is 24.8 Å². The van der Waals surface area contributed by atoms with Crippen LogP contribution < -0.4 is 4.90 Å². The molecule has 2 aromatic heterocycles. The molecule has 1 N–H and O–H groups in total. The van der Waals surface area contributed by atoms with Crippen LogP contribution in [0.4, 0.5) is 5.82 Å². The third-order valence-corrected chi connectivity index (χ3v) is 5.10. The SMILES string of the molecule is CN(CC1CC(=O)N(C2CCCC2)C1)c1ncnc2nc[nH]c12. The van der Waals surface area contributed by atoms with Gasteiger partial charge in [0.25, 0.3) is 0 Å². The molecule has 3 heterocycles. The number of imidazole rings is 1. The van der Waals surface area contributed by atoms with E-state index in [2.05, 4.69) is 29.7 Å². The number of amides is 1. The number of anilines is 1. The molecule has 1 saturated carbocycles. The topological polar surface area (TPSA) is 78.0 Å². The van der Waals surface area contributed by atoms with Gasteiger partial charge in [0.05, 0.1) is 6.33 Å². The van der Waals surface area contributed by atoms with Crippen molar-refractivity contribution in [2.75, 3.05) is 25.0 Å². The molecule has 1 unspecified atom stereocenters. The van der Waals surface area contributed by atoms with Crippen LogP contribution in [0.25, 0.3) is 11.2 Å². The first-order valence-corrected chi connectivity index (χ1v) is 8.37. The van der Waals surface area contributed by atoms with Gasteiger partial charge in [-0.1, -0.05) is 12.8 Å². The molecular weight excluding hydrogens is 292 g/mol. The third-order valence-electron chi connectivity index (χ3n) is 5.10. The molecule has 1 aliphatic carbocycles. The molecule has 2 aromatic rings. The van der Waals surface area contributed by atoms with E-state index in [9.17, 15) is 4.79 Å². The number of hydrogen-bond donors (Lipinski definition) is 1. The monoisotopic (exact) mass is 314 g/mol. The maximum absolute atomic E-state index is 12.3. The van der Waals surface area contributed by atoms with Crippen molar-refractivity contribution in [3.63, 3.8) is 0 Å². The molecule has 2 fully saturated rings. The maximum Gasteiger partial charge on any atom is 0.223 e. The van der Waals surface area contributed by atoms with Gasteiger partial charge in [-0.3, -0.25) is 4.79 Å². The minimum Gasteiger partial charge on any atom is -0.357 e. The molecule has 7 nitrogen and oxygen atoms in total. The summed E-state index contributed by atoms with van der Waals surface area (Å²) in [6, 6.07) is 0.483. The van der Waals surface area contributed by atoms with Crippen molar-refractivity contribution in [2.24, 2.45) is 5.92 Å². The number of carbonyl (C=O) groups excluding carboxylic acids is 1. The van der Waals surface area contributed by atoms with E-state index >= 15 is 0 Å². The standard InChI is InChI=1S/C16H22N6O/c1-21(16-14-15(18-9-17-14)19-10-20-16)7-11-6-13(23)22(8-11)12-4-2-3-5-12/h9-12H,2-8H2,1H3,(H,17,18,19,20). The summed E-state index contributed by atoms with van der Waals surface area (Å²) in [5.74, 6) is 1.53. The van der Waals surface area contributed by atoms with Gasteiger partial charge in [-0.25, -0.2) is 15.0 Å². The first-order valence-electron chi connectivity index (χ1n) is 8.37. The second kappa shape index (κ2) is 5.79. The van der Waals surface area contributed by atoms with Crippen LogP contribution in [0.15, 0.2) is 12.7 Å². The third kappa shape index (κ3) is 2.64. The van der Waals surface area contributed by atoms with E-state index in [0.29, 0.717) is 29.9 Å². The van der Waals surface area contributed by atoms with Crippen LogP contribution in [0, 0.1) is 5.92 Å². The second-order valence-corrected chi connectivity index (χ2v) is 6.73. The fourth-order valence-corrected chi connectivity index (χ4v) is 4.02. The molecule has 0 spiro atoms. The molecule has 2 aliphatic rings. The maximum atomic E-state index is 12.3. The van der Waals surface area contributed by atoms with Crippen molar-refractivity contribution in [3.05, 3.63) is 12.7 Å². The Balaban J connectivity index is 1.46. The van der Waals surface area contributed by atoms with E-state index in [1.165, 1.54) is 25.7 Å². The number of nitrogens with zero attached hydrogens (tertiary/aromatic N) is 5. The van der Waals surface area contributed by atoms with Crippen LogP contribution in [0.3, 0.4) is 0 Å². The van der Waals surface area contributed by atoms with Crippen molar-refractivity contribution >= 4 is 22.9 Å². The lowest BCUT2D eigenvalue weighted by Gasteiger charge is -2.25. The van der Waals surface area contributed by atoms with Crippen LogP contribution in [0.5, 0.6) is 0 Å². The lowest BCUT2D eigenvalue weighted by molar-refractivity contribution is -0.129. The van der Waals surface area contributed by atoms with Gasteiger partial charge in [0.15, 0.2) is 11.5 Å². The van der Waals surface area contributed by atoms with Crippen LogP contribution in [-0.2, 0) is 4.79 Å². The number of fused-ring (bicyclic) bond motifs is 1. The number of rotatable bonds is 4. The number of likely N-dealkylation sites (tertiary alicyclic amines) is 1. The number of carbonyl (C=O) groups is 1. The Bertz CT molecular complexity index is 707. The molecule has 0 aromatic carbocycles. The summed E-state index contributed by atoms with van der Waals surface area (Å²) in [5, 5.41) is 0. The number of aromatic amines is 1. The van der Waals surface area contributed by atoms with E-state index in [1.807, 2.05) is 7.05 Å². The van der Waals surface area contributed by atoms with Crippen LogP contribution in [0.2, 0.25) is 0 Å². The molecule has 4 rings (SSSR count). The molecule has 1 aliphatic heterocycles. The van der Waals surface area contributed by atoms with E-state index in [-0.39, 0.29) is 0 Å². The largest absolute Gasteiger partial charge is 0.357 e. The summed E-state index contributed by atoms with van der Waals surface area (Å²) >= 11 is 0. The Morgan fingerprint density at radius 1 is 1.30 bits per heavy atom. The van der Waals surface area contributed by atoms with Gasteiger partial charge in [0.1, 0.15) is 11.8 Å². The Morgan fingerprint density at radius 2 is 2.13 bits per heavy atom. The number of H-pyrrole nitrogens is 1. The van der Waals surface area contributed by atoms with Gasteiger partial charge >= 0.3 is 0 Å². The summed E-state index contributed by atoms with van der Waals surface area (Å²) in [6.45, 7) is 1.70. The zero-order valence-corrected chi connectivity index (χ0v) is 13.4. The Morgan fingerprint density at radius 3 is 2.96 bits per heavy atom. The molecule has 0 radical (unpaired) electrons. The van der Waals surface area contributed by atoms with Crippen LogP contribution in [-0.4, -0.2) is 56.9 Å². The Kier molecular flexibility index (Phi) is 3.63. The fraction of sp³-hybridized carbons (Fsp3) is 0.625. The molecule has 1 saturated heterocycles. The number of aromatic nitrogens is 4. The predicted octanol–water partition coefficient (Wildman–Crippen LogP) is 1.58. The van der Waals surface area contributed by atoms with Gasteiger partial charge in [-0.05, 0) is 12.8 Å². The summed E-state index contributed by atoms with van der Waals surface area (Å²) in [6.07, 6.45) is 8.70. The van der Waals surface area contributed by atoms with Gasteiger partial charge in [-0.2, -0.15) is 0 Å². The van der Waals surface area contributed by atoms with Crippen molar-refractivity contribution in [3.8, 4) is 0 Å². The molecule has 7 heteroatoms. The van der Waals surface area contributed by atoms with Gasteiger partial charge < -0.3 is 14.8 Å². The normalized spacial score (nSPS) is 22.4. The summed E-state index contributed by atoms with van der Waals surface area (Å²) in [7, 11) is 2.02. The lowest BCUT2D eigenvalue weighted by Crippen LogP contribution is -2.35. The van der Waals surface area contributed by atoms with Crippen molar-refractivity contribution in [2.45, 2.75) is 38.1 Å². The van der Waals surface area contributed by atoms with Crippen molar-refractivity contribution < 1.29 is 4.79 Å². The van der Waals surface area contributed by atoms with Gasteiger partial charge in [0, 0.05) is 38.5 Å². The molecule has 122 valence electrons. The van der Waals surface area contributed by atoms with Crippen LogP contribution >= 0.6 is 0 Å². The van der Waals surface area contributed by atoms with E-state index in [4.69, 9.17) is 0 Å². The molecule has 0 bridgehead atoms. The highest BCUT2D eigenvalue weighted by Crippen LogP contribution is 2.30. The highest BCUT2D eigenvalue weighted by atomic mass is 16.2. The van der Waals surface area contributed by atoms with Gasteiger partial charge in [-0.15, -0.1) is 0 Å². The van der Waals surface area contributed by atoms with Crippen LogP contribution in [0.1, 0.15) is 32.1 Å². The Hall–Kier alpha value is -2.18. The first kappa shape index (κ1) is 14.4. The number of hydrogen-bond acceptors (Lipinski definition) is 5. The predicted molar refractivity (Wildman–Crippen MR) is 87.0 cm³/mol. The summed E-state index contributed by atoms with van der Waals surface area (Å²) in [4.78, 5) is 32.4. The minimum absolute atomic E-state index is 0.324. The quantitative estimate of drug-likeness (QED) is 0.927. The van der Waals surface area contributed by atoms with E-state index < -0.39 is 0 Å². The lowest BCUT2D eigenvalue weighted by atomic mass is 10.1. The highest BCUT2D eigenvalue weighted by Gasteiger charge is 2.36. The summed E-state index contributed by atoms with van der Waals surface area (Å²) < 4.78 is 0. The first-order chi connectivity index (χ1) is 11.2. The average molecular weight is 314 g/mol. The van der Waals surface area contributed by atoms with Gasteiger partial charge in [0.2, 0.25) is 5.91 Å². The Labute approximate surface area is 135 Å². The average Bonchev–Trinajstić information content (AvgIpc) is 3.26. The zero-order chi connectivity index (χ0) is 15.8. The molecule has 1 amide bonds. The number of nitrogens with one attached hydrogen (secondary N) is 1. The molecule has 23 heavy (non-hydrogen) atoms. The fourth-order valence-electron chi connectivity index (χ4n) is 4.02. The highest BCUT2D eigenvalue weighted by molar-refractivity contribution is 5.83. The summed E-state index contributed by atoms with van der Waals surface area (Å²) in [5.41, 5.74) is 1.53. The molecular formula is C16H22N6O. The van der Waals surface area contributed by atoms with E-state index in [1.54, 1.807) is 12.7 Å². The zero-order valence-electron chi connectivity index (χ0n) is 13.4. The van der Waals surface area contributed by atoms with Crippen molar-refractivity contribution in [1.29, 1.82) is 0 Å². The van der Waals surface area contributed by atoms with E-state index in [0.717, 1.165) is 24.4 Å². The smallest absolute Gasteiger partial charge is 0.223 e. The molecule has 1 atom stereocenters.